The lowest BCUT2D eigenvalue weighted by molar-refractivity contribution is -0.129. The van der Waals surface area contributed by atoms with Crippen LogP contribution in [-0.4, -0.2) is 36.3 Å². The van der Waals surface area contributed by atoms with E-state index in [4.69, 9.17) is 23.2 Å². The maximum absolute atomic E-state index is 12.2. The summed E-state index contributed by atoms with van der Waals surface area (Å²) in [5.41, 5.74) is 0.857. The summed E-state index contributed by atoms with van der Waals surface area (Å²) in [6.07, 6.45) is 0. The lowest BCUT2D eigenvalue weighted by Gasteiger charge is -2.18. The van der Waals surface area contributed by atoms with Crippen molar-refractivity contribution < 1.29 is 9.59 Å². The number of amides is 2. The van der Waals surface area contributed by atoms with Gasteiger partial charge in [0.1, 0.15) is 0 Å². The molecule has 4 nitrogen and oxygen atoms in total. The Morgan fingerprint density at radius 3 is 2.29 bits per heavy atom. The fourth-order valence-corrected chi connectivity index (χ4v) is 3.68. The van der Waals surface area contributed by atoms with Crippen LogP contribution in [0.4, 0.5) is 0 Å². The molecular weight excluding hydrogens is 367 g/mol. The lowest BCUT2D eigenvalue weighted by Crippen LogP contribution is -2.39. The van der Waals surface area contributed by atoms with E-state index in [1.54, 1.807) is 29.2 Å². The molecule has 0 aliphatic carbocycles. The van der Waals surface area contributed by atoms with Crippen LogP contribution in [0.15, 0.2) is 30.3 Å². The molecule has 1 aromatic heterocycles. The second-order valence-electron chi connectivity index (χ2n) is 5.07. The average Bonchev–Trinajstić information content (AvgIpc) is 3.03. The van der Waals surface area contributed by atoms with Crippen molar-refractivity contribution in [3.8, 4) is 10.4 Å². The van der Waals surface area contributed by atoms with Gasteiger partial charge in [-0.05, 0) is 49.7 Å². The molecule has 0 fully saturated rings. The molecule has 2 amide bonds. The van der Waals surface area contributed by atoms with E-state index in [1.165, 1.54) is 11.3 Å². The predicted molar refractivity (Wildman–Crippen MR) is 100 cm³/mol. The van der Waals surface area contributed by atoms with E-state index in [-0.39, 0.29) is 18.4 Å². The number of hydrogen-bond acceptors (Lipinski definition) is 3. The number of benzene rings is 1. The quantitative estimate of drug-likeness (QED) is 0.805. The molecule has 0 bridgehead atoms. The highest BCUT2D eigenvalue weighted by molar-refractivity contribution is 7.17. The number of likely N-dealkylation sites (N-methyl/N-ethyl adjacent to an activating group) is 1. The van der Waals surface area contributed by atoms with Gasteiger partial charge in [-0.15, -0.1) is 11.3 Å². The van der Waals surface area contributed by atoms with E-state index < -0.39 is 0 Å². The molecule has 7 heteroatoms. The lowest BCUT2D eigenvalue weighted by atomic mass is 10.2. The van der Waals surface area contributed by atoms with Crippen LogP contribution < -0.4 is 5.32 Å². The first-order valence-corrected chi connectivity index (χ1v) is 9.14. The molecule has 0 atom stereocenters. The summed E-state index contributed by atoms with van der Waals surface area (Å²) in [6.45, 7) is 5.07. The maximum Gasteiger partial charge on any atom is 0.261 e. The normalized spacial score (nSPS) is 10.5. The van der Waals surface area contributed by atoms with Gasteiger partial charge in [0, 0.05) is 28.0 Å². The van der Waals surface area contributed by atoms with Crippen LogP contribution in [0.5, 0.6) is 0 Å². The Bertz CT molecular complexity index is 722. The van der Waals surface area contributed by atoms with E-state index in [0.717, 1.165) is 10.4 Å². The molecule has 2 aromatic rings. The number of nitrogens with zero attached hydrogens (tertiary/aromatic N) is 1. The number of halogens is 2. The molecular formula is C17H18Cl2N2O2S. The van der Waals surface area contributed by atoms with Crippen molar-refractivity contribution in [3.63, 3.8) is 0 Å². The third kappa shape index (κ3) is 4.72. The van der Waals surface area contributed by atoms with Crippen LogP contribution in [0.3, 0.4) is 0 Å². The zero-order chi connectivity index (χ0) is 17.7. The van der Waals surface area contributed by atoms with Crippen molar-refractivity contribution in [2.45, 2.75) is 13.8 Å². The summed E-state index contributed by atoms with van der Waals surface area (Å²) >= 11 is 13.3. The molecule has 0 saturated carbocycles. The first kappa shape index (κ1) is 18.8. The Hall–Kier alpha value is -1.56. The summed E-state index contributed by atoms with van der Waals surface area (Å²) in [5, 5.41) is 3.75. The molecule has 1 N–H and O–H groups in total. The van der Waals surface area contributed by atoms with Crippen LogP contribution in [-0.2, 0) is 4.79 Å². The standard InChI is InChI=1S/C17H18Cl2N2O2S/c1-3-21(4-2)16(22)10-20-17(23)15-6-5-14(24-15)11-7-12(18)9-13(19)8-11/h5-9H,3-4,10H2,1-2H3,(H,20,23). The third-order valence-electron chi connectivity index (χ3n) is 3.49. The summed E-state index contributed by atoms with van der Waals surface area (Å²) in [7, 11) is 0. The Morgan fingerprint density at radius 2 is 1.71 bits per heavy atom. The molecule has 128 valence electrons. The number of thiophene rings is 1. The SMILES string of the molecule is CCN(CC)C(=O)CNC(=O)c1ccc(-c2cc(Cl)cc(Cl)c2)s1. The average molecular weight is 385 g/mol. The van der Waals surface area contributed by atoms with Gasteiger partial charge in [-0.3, -0.25) is 9.59 Å². The maximum atomic E-state index is 12.2. The Labute approximate surface area is 155 Å². The van der Waals surface area contributed by atoms with Crippen LogP contribution in [0, 0.1) is 0 Å². The smallest absolute Gasteiger partial charge is 0.261 e. The first-order chi connectivity index (χ1) is 11.4. The van der Waals surface area contributed by atoms with Crippen molar-refractivity contribution in [1.29, 1.82) is 0 Å². The minimum atomic E-state index is -0.264. The molecule has 1 heterocycles. The number of hydrogen-bond donors (Lipinski definition) is 1. The first-order valence-electron chi connectivity index (χ1n) is 7.56. The highest BCUT2D eigenvalue weighted by Gasteiger charge is 2.14. The number of carbonyl (C=O) groups excluding carboxylic acids is 2. The van der Waals surface area contributed by atoms with E-state index in [9.17, 15) is 9.59 Å². The van der Waals surface area contributed by atoms with Gasteiger partial charge >= 0.3 is 0 Å². The summed E-state index contributed by atoms with van der Waals surface area (Å²) < 4.78 is 0. The van der Waals surface area contributed by atoms with Gasteiger partial charge in [-0.25, -0.2) is 0 Å². The van der Waals surface area contributed by atoms with Gasteiger partial charge in [0.15, 0.2) is 0 Å². The highest BCUT2D eigenvalue weighted by Crippen LogP contribution is 2.32. The number of carbonyl (C=O) groups is 2. The molecule has 24 heavy (non-hydrogen) atoms. The largest absolute Gasteiger partial charge is 0.342 e. The molecule has 0 unspecified atom stereocenters. The molecule has 0 spiro atoms. The molecule has 1 aromatic carbocycles. The zero-order valence-corrected chi connectivity index (χ0v) is 15.8. The van der Waals surface area contributed by atoms with Crippen molar-refractivity contribution >= 4 is 46.4 Å². The Balaban J connectivity index is 2.04. The van der Waals surface area contributed by atoms with Crippen LogP contribution in [0.25, 0.3) is 10.4 Å². The van der Waals surface area contributed by atoms with Crippen LogP contribution in [0.1, 0.15) is 23.5 Å². The van der Waals surface area contributed by atoms with E-state index >= 15 is 0 Å². The molecule has 0 aliphatic rings. The summed E-state index contributed by atoms with van der Waals surface area (Å²) in [5.74, 6) is -0.355. The van der Waals surface area contributed by atoms with Crippen molar-refractivity contribution in [2.24, 2.45) is 0 Å². The van der Waals surface area contributed by atoms with Gasteiger partial charge in [-0.2, -0.15) is 0 Å². The Kier molecular flexibility index (Phi) is 6.66. The van der Waals surface area contributed by atoms with Gasteiger partial charge in [-0.1, -0.05) is 23.2 Å². The van der Waals surface area contributed by atoms with Gasteiger partial charge in [0.2, 0.25) is 5.91 Å². The van der Waals surface area contributed by atoms with Crippen LogP contribution >= 0.6 is 34.5 Å². The minimum Gasteiger partial charge on any atom is -0.342 e. The highest BCUT2D eigenvalue weighted by atomic mass is 35.5. The fourth-order valence-electron chi connectivity index (χ4n) is 2.24. The van der Waals surface area contributed by atoms with Gasteiger partial charge < -0.3 is 10.2 Å². The van der Waals surface area contributed by atoms with Gasteiger partial charge in [0.05, 0.1) is 11.4 Å². The molecule has 0 saturated heterocycles. The minimum absolute atomic E-state index is 0.00323. The van der Waals surface area contributed by atoms with E-state index in [1.807, 2.05) is 19.9 Å². The predicted octanol–water partition coefficient (Wildman–Crippen LogP) is 4.32. The van der Waals surface area contributed by atoms with Crippen molar-refractivity contribution in [2.75, 3.05) is 19.6 Å². The Morgan fingerprint density at radius 1 is 1.08 bits per heavy atom. The second kappa shape index (κ2) is 8.51. The zero-order valence-electron chi connectivity index (χ0n) is 13.4. The van der Waals surface area contributed by atoms with Crippen molar-refractivity contribution in [1.82, 2.24) is 10.2 Å². The monoisotopic (exact) mass is 384 g/mol. The van der Waals surface area contributed by atoms with Gasteiger partial charge in [0.25, 0.3) is 5.91 Å². The summed E-state index contributed by atoms with van der Waals surface area (Å²) in [6, 6.07) is 8.82. The van der Waals surface area contributed by atoms with Crippen molar-refractivity contribution in [3.05, 3.63) is 45.3 Å². The van der Waals surface area contributed by atoms with Crippen LogP contribution in [0.2, 0.25) is 10.0 Å². The fraction of sp³-hybridized carbons (Fsp3) is 0.294. The third-order valence-corrected chi connectivity index (χ3v) is 5.06. The topological polar surface area (TPSA) is 49.4 Å². The second-order valence-corrected chi connectivity index (χ2v) is 7.03. The number of nitrogens with one attached hydrogen (secondary N) is 1. The molecule has 0 radical (unpaired) electrons. The molecule has 2 rings (SSSR count). The summed E-state index contributed by atoms with van der Waals surface area (Å²) in [4.78, 5) is 27.2. The molecule has 0 aliphatic heterocycles. The number of rotatable bonds is 6. The van der Waals surface area contributed by atoms with E-state index in [0.29, 0.717) is 28.0 Å². The van der Waals surface area contributed by atoms with E-state index in [2.05, 4.69) is 5.32 Å².